The van der Waals surface area contributed by atoms with Crippen LogP contribution in [-0.4, -0.2) is 64.8 Å². The average molecular weight is 444 g/mol. The lowest BCUT2D eigenvalue weighted by Gasteiger charge is -2.30. The van der Waals surface area contributed by atoms with Crippen LogP contribution in [0.3, 0.4) is 0 Å². The SMILES string of the molecule is Cc1nc(C(=O)NCc2ccc(F)c(C)c2)cc(C2=NOC(C3CO[C@H](CO)CO3)C2)n1. The van der Waals surface area contributed by atoms with Crippen LogP contribution in [0.4, 0.5) is 4.39 Å². The second-order valence-electron chi connectivity index (χ2n) is 7.85. The molecule has 1 aromatic carbocycles. The Morgan fingerprint density at radius 2 is 2.03 bits per heavy atom. The van der Waals surface area contributed by atoms with Crippen LogP contribution < -0.4 is 5.32 Å². The Bertz CT molecular complexity index is 1020. The van der Waals surface area contributed by atoms with Crippen LogP contribution in [0.25, 0.3) is 0 Å². The van der Waals surface area contributed by atoms with Gasteiger partial charge in [0.05, 0.1) is 25.5 Å². The third-order valence-corrected chi connectivity index (χ3v) is 5.35. The molecule has 2 aliphatic rings. The van der Waals surface area contributed by atoms with Crippen molar-refractivity contribution in [2.24, 2.45) is 5.16 Å². The number of amides is 1. The second kappa shape index (κ2) is 9.68. The largest absolute Gasteiger partial charge is 0.394 e. The Morgan fingerprint density at radius 1 is 1.19 bits per heavy atom. The third-order valence-electron chi connectivity index (χ3n) is 5.35. The molecule has 3 atom stereocenters. The van der Waals surface area contributed by atoms with Gasteiger partial charge in [-0.2, -0.15) is 0 Å². The van der Waals surface area contributed by atoms with Crippen molar-refractivity contribution < 1.29 is 28.6 Å². The van der Waals surface area contributed by atoms with E-state index in [-0.39, 0.29) is 48.9 Å². The summed E-state index contributed by atoms with van der Waals surface area (Å²) in [7, 11) is 0. The fourth-order valence-corrected chi connectivity index (χ4v) is 3.55. The monoisotopic (exact) mass is 444 g/mol. The maximum atomic E-state index is 13.4. The molecule has 2 N–H and O–H groups in total. The van der Waals surface area contributed by atoms with E-state index in [9.17, 15) is 9.18 Å². The minimum Gasteiger partial charge on any atom is -0.394 e. The van der Waals surface area contributed by atoms with E-state index in [2.05, 4.69) is 20.4 Å². The van der Waals surface area contributed by atoms with E-state index in [4.69, 9.17) is 19.4 Å². The molecule has 0 radical (unpaired) electrons. The number of carbonyl (C=O) groups excluding carboxylic acids is 1. The van der Waals surface area contributed by atoms with E-state index < -0.39 is 0 Å². The molecule has 170 valence electrons. The zero-order valence-corrected chi connectivity index (χ0v) is 17.9. The summed E-state index contributed by atoms with van der Waals surface area (Å²) in [6, 6.07) is 6.27. The fourth-order valence-electron chi connectivity index (χ4n) is 3.55. The maximum Gasteiger partial charge on any atom is 0.270 e. The van der Waals surface area contributed by atoms with Gasteiger partial charge in [-0.15, -0.1) is 0 Å². The molecule has 4 rings (SSSR count). The van der Waals surface area contributed by atoms with Gasteiger partial charge in [-0.1, -0.05) is 17.3 Å². The van der Waals surface area contributed by atoms with E-state index in [0.29, 0.717) is 42.4 Å². The zero-order chi connectivity index (χ0) is 22.7. The minimum atomic E-state index is -0.367. The smallest absolute Gasteiger partial charge is 0.270 e. The molecular weight excluding hydrogens is 419 g/mol. The lowest BCUT2D eigenvalue weighted by Crippen LogP contribution is -2.43. The Kier molecular flexibility index (Phi) is 6.73. The predicted octanol–water partition coefficient (Wildman–Crippen LogP) is 1.43. The molecule has 0 aliphatic carbocycles. The minimum absolute atomic E-state index is 0.0915. The number of aliphatic hydroxyl groups is 1. The zero-order valence-electron chi connectivity index (χ0n) is 17.9. The molecule has 32 heavy (non-hydrogen) atoms. The quantitative estimate of drug-likeness (QED) is 0.693. The Labute approximate surface area is 184 Å². The van der Waals surface area contributed by atoms with Crippen molar-refractivity contribution in [3.8, 4) is 0 Å². The number of aliphatic hydroxyl groups excluding tert-OH is 1. The summed E-state index contributed by atoms with van der Waals surface area (Å²) in [5.74, 6) is -0.222. The van der Waals surface area contributed by atoms with Crippen LogP contribution in [0.5, 0.6) is 0 Å². The van der Waals surface area contributed by atoms with Crippen molar-refractivity contribution in [3.63, 3.8) is 0 Å². The highest BCUT2D eigenvalue weighted by Gasteiger charge is 2.35. The van der Waals surface area contributed by atoms with Crippen LogP contribution >= 0.6 is 0 Å². The van der Waals surface area contributed by atoms with Gasteiger partial charge in [-0.3, -0.25) is 4.79 Å². The molecule has 0 saturated carbocycles. The summed E-state index contributed by atoms with van der Waals surface area (Å²) in [6.45, 7) is 4.13. The van der Waals surface area contributed by atoms with Crippen LogP contribution in [0, 0.1) is 19.7 Å². The van der Waals surface area contributed by atoms with Gasteiger partial charge in [0.15, 0.2) is 6.10 Å². The molecule has 1 amide bonds. The van der Waals surface area contributed by atoms with Gasteiger partial charge in [0.1, 0.15) is 35.3 Å². The number of oxime groups is 1. The first-order valence-corrected chi connectivity index (χ1v) is 10.4. The van der Waals surface area contributed by atoms with E-state index >= 15 is 0 Å². The fraction of sp³-hybridized carbons (Fsp3) is 0.455. The highest BCUT2D eigenvalue weighted by molar-refractivity contribution is 6.02. The number of aromatic nitrogens is 2. The van der Waals surface area contributed by atoms with Crippen LogP contribution in [0.15, 0.2) is 29.4 Å². The molecule has 9 nitrogen and oxygen atoms in total. The van der Waals surface area contributed by atoms with Gasteiger partial charge in [-0.05, 0) is 37.1 Å². The first-order valence-electron chi connectivity index (χ1n) is 10.4. The van der Waals surface area contributed by atoms with Gasteiger partial charge in [0.2, 0.25) is 0 Å². The summed E-state index contributed by atoms with van der Waals surface area (Å²) < 4.78 is 24.7. The van der Waals surface area contributed by atoms with Crippen molar-refractivity contribution in [2.45, 2.75) is 45.1 Å². The van der Waals surface area contributed by atoms with Gasteiger partial charge in [-0.25, -0.2) is 14.4 Å². The molecule has 2 aromatic rings. The highest BCUT2D eigenvalue weighted by atomic mass is 19.1. The van der Waals surface area contributed by atoms with Crippen molar-refractivity contribution in [3.05, 3.63) is 58.4 Å². The number of carbonyl (C=O) groups is 1. The normalized spacial score (nSPS) is 22.9. The Balaban J connectivity index is 1.39. The molecule has 0 bridgehead atoms. The Hall–Kier alpha value is -2.95. The number of aryl methyl sites for hydroxylation is 2. The molecule has 1 aromatic heterocycles. The molecule has 2 aliphatic heterocycles. The number of nitrogens with one attached hydrogen (secondary N) is 1. The van der Waals surface area contributed by atoms with Crippen molar-refractivity contribution in [2.75, 3.05) is 19.8 Å². The molecule has 0 spiro atoms. The summed E-state index contributed by atoms with van der Waals surface area (Å²) in [4.78, 5) is 26.8. The van der Waals surface area contributed by atoms with Crippen LogP contribution in [0.1, 0.15) is 39.6 Å². The third kappa shape index (κ3) is 5.09. The molecule has 10 heteroatoms. The van der Waals surface area contributed by atoms with Crippen molar-refractivity contribution >= 4 is 11.6 Å². The van der Waals surface area contributed by atoms with Gasteiger partial charge in [0.25, 0.3) is 5.91 Å². The van der Waals surface area contributed by atoms with Crippen molar-refractivity contribution in [1.29, 1.82) is 0 Å². The topological polar surface area (TPSA) is 115 Å². The second-order valence-corrected chi connectivity index (χ2v) is 7.85. The average Bonchev–Trinajstić information content (AvgIpc) is 3.30. The van der Waals surface area contributed by atoms with Gasteiger partial charge >= 0.3 is 0 Å². The summed E-state index contributed by atoms with van der Waals surface area (Å²) in [5, 5.41) is 16.1. The lowest BCUT2D eigenvalue weighted by atomic mass is 10.0. The van der Waals surface area contributed by atoms with Crippen molar-refractivity contribution in [1.82, 2.24) is 15.3 Å². The number of benzene rings is 1. The molecular formula is C22H25FN4O5. The number of nitrogens with zero attached hydrogens (tertiary/aromatic N) is 3. The first-order chi connectivity index (χ1) is 15.4. The van der Waals surface area contributed by atoms with E-state index in [0.717, 1.165) is 5.56 Å². The molecule has 1 fully saturated rings. The predicted molar refractivity (Wildman–Crippen MR) is 112 cm³/mol. The number of halogens is 1. The number of hydrogen-bond donors (Lipinski definition) is 2. The standard InChI is InChI=1S/C22H25FN4O5/c1-12-5-14(3-4-16(12)23)8-24-22(29)19-6-17(25-13(2)26-19)18-7-20(32-27-18)21-11-30-15(9-28)10-31-21/h3-6,15,20-21,28H,7-11H2,1-2H3,(H,24,29)/t15-,20?,21?/m1/s1. The number of rotatable bonds is 6. The molecule has 3 heterocycles. The Morgan fingerprint density at radius 3 is 2.75 bits per heavy atom. The van der Waals surface area contributed by atoms with E-state index in [1.807, 2.05) is 0 Å². The highest BCUT2D eigenvalue weighted by Crippen LogP contribution is 2.23. The van der Waals surface area contributed by atoms with Crippen LogP contribution in [-0.2, 0) is 20.9 Å². The summed E-state index contributed by atoms with van der Waals surface area (Å²) in [6.07, 6.45) is -0.509. The molecule has 1 saturated heterocycles. The summed E-state index contributed by atoms with van der Waals surface area (Å²) >= 11 is 0. The first kappa shape index (κ1) is 22.3. The lowest BCUT2D eigenvalue weighted by molar-refractivity contribution is -0.178. The number of hydrogen-bond acceptors (Lipinski definition) is 8. The number of ether oxygens (including phenoxy) is 2. The maximum absolute atomic E-state index is 13.4. The molecule has 2 unspecified atom stereocenters. The van der Waals surface area contributed by atoms with E-state index in [1.54, 1.807) is 32.0 Å². The van der Waals surface area contributed by atoms with E-state index in [1.165, 1.54) is 6.07 Å². The van der Waals surface area contributed by atoms with Gasteiger partial charge in [0, 0.05) is 13.0 Å². The summed E-state index contributed by atoms with van der Waals surface area (Å²) in [5.41, 5.74) is 2.62. The van der Waals surface area contributed by atoms with Crippen LogP contribution in [0.2, 0.25) is 0 Å². The van der Waals surface area contributed by atoms with Gasteiger partial charge < -0.3 is 24.7 Å².